The summed E-state index contributed by atoms with van der Waals surface area (Å²) in [6.07, 6.45) is 7.44. The van der Waals surface area contributed by atoms with Gasteiger partial charge in [0.05, 0.1) is 6.54 Å². The topological polar surface area (TPSA) is 84.0 Å². The smallest absolute Gasteiger partial charge is 0.224 e. The van der Waals surface area contributed by atoms with Crippen molar-refractivity contribution in [2.45, 2.75) is 51.9 Å². The number of nitrogens with one attached hydrogen (secondary N) is 3. The minimum Gasteiger partial charge on any atom is -0.492 e. The molecule has 174 valence electrons. The molecule has 7 nitrogen and oxygen atoms in total. The number of ether oxygens (including phenoxy) is 2. The summed E-state index contributed by atoms with van der Waals surface area (Å²) in [5.41, 5.74) is 2.31. The molecular formula is C23H37IN4O3. The number of guanidine groups is 1. The summed E-state index contributed by atoms with van der Waals surface area (Å²) in [4.78, 5) is 16.3. The minimum absolute atomic E-state index is 0. The summed E-state index contributed by atoms with van der Waals surface area (Å²) < 4.78 is 11.2. The van der Waals surface area contributed by atoms with Crippen LogP contribution in [0.3, 0.4) is 0 Å². The van der Waals surface area contributed by atoms with Crippen LogP contribution in [0.5, 0.6) is 5.75 Å². The Morgan fingerprint density at radius 3 is 2.74 bits per heavy atom. The molecule has 1 aromatic rings. The summed E-state index contributed by atoms with van der Waals surface area (Å²) in [7, 11) is 1.77. The fourth-order valence-corrected chi connectivity index (χ4v) is 4.31. The van der Waals surface area contributed by atoms with E-state index in [4.69, 9.17) is 14.5 Å². The van der Waals surface area contributed by atoms with Crippen LogP contribution in [0.25, 0.3) is 0 Å². The second-order valence-electron chi connectivity index (χ2n) is 8.29. The number of methoxy groups -OCH3 is 1. The Bertz CT molecular complexity index is 736. The van der Waals surface area contributed by atoms with Gasteiger partial charge in [-0.05, 0) is 61.8 Å². The van der Waals surface area contributed by atoms with Crippen LogP contribution in [0, 0.1) is 5.41 Å². The van der Waals surface area contributed by atoms with E-state index in [1.54, 1.807) is 7.11 Å². The predicted octanol–water partition coefficient (Wildman–Crippen LogP) is 3.72. The Labute approximate surface area is 203 Å². The number of nitrogens with zero attached hydrogens (tertiary/aromatic N) is 1. The molecule has 1 amide bonds. The maximum absolute atomic E-state index is 11.5. The van der Waals surface area contributed by atoms with Gasteiger partial charge >= 0.3 is 0 Å². The number of halogens is 1. The van der Waals surface area contributed by atoms with E-state index in [1.165, 1.54) is 25.7 Å². The van der Waals surface area contributed by atoms with Crippen molar-refractivity contribution in [3.63, 3.8) is 0 Å². The van der Waals surface area contributed by atoms with Gasteiger partial charge in [0.2, 0.25) is 5.91 Å². The number of anilines is 1. The average molecular weight is 544 g/mol. The number of benzene rings is 1. The standard InChI is InChI=1S/C23H36N4O3.HI/c1-3-24-22(26-17-23(12-14-29-2)10-4-5-11-23)25-13-15-30-19-7-8-20-18(16-19)6-9-21(28)27-20;/h7-8,16H,3-6,9-15,17H2,1-2H3,(H,27,28)(H2,24,25,26);1H. The van der Waals surface area contributed by atoms with Crippen molar-refractivity contribution in [3.8, 4) is 5.75 Å². The zero-order valence-corrected chi connectivity index (χ0v) is 21.1. The molecule has 1 saturated carbocycles. The van der Waals surface area contributed by atoms with Crippen molar-refractivity contribution in [2.24, 2.45) is 10.4 Å². The second kappa shape index (κ2) is 13.1. The SMILES string of the molecule is CCNC(=NCC1(CCOC)CCCC1)NCCOc1ccc2c(c1)CCC(=O)N2.I. The first-order chi connectivity index (χ1) is 14.6. The van der Waals surface area contributed by atoms with Gasteiger partial charge in [0.15, 0.2) is 5.96 Å². The highest BCUT2D eigenvalue weighted by molar-refractivity contribution is 14.0. The largest absolute Gasteiger partial charge is 0.492 e. The molecular weight excluding hydrogens is 507 g/mol. The molecule has 1 aliphatic carbocycles. The molecule has 0 aromatic heterocycles. The minimum atomic E-state index is 0. The van der Waals surface area contributed by atoms with Gasteiger partial charge < -0.3 is 25.4 Å². The van der Waals surface area contributed by atoms with Crippen LogP contribution in [0.2, 0.25) is 0 Å². The lowest BCUT2D eigenvalue weighted by Crippen LogP contribution is -2.40. The molecule has 8 heteroatoms. The van der Waals surface area contributed by atoms with E-state index in [0.717, 1.165) is 55.5 Å². The monoisotopic (exact) mass is 544 g/mol. The Kier molecular flexibility index (Phi) is 10.9. The van der Waals surface area contributed by atoms with Crippen molar-refractivity contribution in [1.29, 1.82) is 0 Å². The van der Waals surface area contributed by atoms with Crippen molar-refractivity contribution < 1.29 is 14.3 Å². The summed E-state index contributed by atoms with van der Waals surface area (Å²) in [5, 5.41) is 9.61. The molecule has 1 aliphatic heterocycles. The number of carbonyl (C=O) groups excluding carboxylic acids is 1. The van der Waals surface area contributed by atoms with Gasteiger partial charge in [-0.3, -0.25) is 9.79 Å². The van der Waals surface area contributed by atoms with Gasteiger partial charge in [-0.25, -0.2) is 0 Å². The predicted molar refractivity (Wildman–Crippen MR) is 136 cm³/mol. The van der Waals surface area contributed by atoms with Crippen molar-refractivity contribution in [2.75, 3.05) is 45.3 Å². The van der Waals surface area contributed by atoms with Crippen molar-refractivity contribution in [1.82, 2.24) is 10.6 Å². The van der Waals surface area contributed by atoms with Crippen molar-refractivity contribution >= 4 is 41.5 Å². The molecule has 31 heavy (non-hydrogen) atoms. The van der Waals surface area contributed by atoms with E-state index in [1.807, 2.05) is 18.2 Å². The maximum atomic E-state index is 11.5. The molecule has 0 atom stereocenters. The fourth-order valence-electron chi connectivity index (χ4n) is 4.31. The molecule has 1 heterocycles. The van der Waals surface area contributed by atoms with Gasteiger partial charge in [-0.15, -0.1) is 24.0 Å². The molecule has 0 unspecified atom stereocenters. The molecule has 3 N–H and O–H groups in total. The van der Waals surface area contributed by atoms with Gasteiger partial charge in [0.25, 0.3) is 0 Å². The zero-order valence-electron chi connectivity index (χ0n) is 18.8. The lowest BCUT2D eigenvalue weighted by atomic mass is 9.83. The number of aryl methyl sites for hydroxylation is 1. The van der Waals surface area contributed by atoms with Gasteiger partial charge in [-0.1, -0.05) is 12.8 Å². The first kappa shape index (κ1) is 25.7. The normalized spacial score (nSPS) is 17.4. The quantitative estimate of drug-likeness (QED) is 0.181. The lowest BCUT2D eigenvalue weighted by Gasteiger charge is -2.27. The highest BCUT2D eigenvalue weighted by Gasteiger charge is 2.33. The Morgan fingerprint density at radius 1 is 1.19 bits per heavy atom. The van der Waals surface area contributed by atoms with Crippen LogP contribution in [0.4, 0.5) is 5.69 Å². The van der Waals surface area contributed by atoms with Crippen LogP contribution in [-0.2, 0) is 16.0 Å². The number of amides is 1. The summed E-state index contributed by atoms with van der Waals surface area (Å²) in [6, 6.07) is 5.85. The lowest BCUT2D eigenvalue weighted by molar-refractivity contribution is -0.116. The van der Waals surface area contributed by atoms with Gasteiger partial charge in [-0.2, -0.15) is 0 Å². The van der Waals surface area contributed by atoms with E-state index in [0.29, 0.717) is 19.6 Å². The molecule has 1 aromatic carbocycles. The summed E-state index contributed by atoms with van der Waals surface area (Å²) in [5.74, 6) is 1.76. The van der Waals surface area contributed by atoms with E-state index < -0.39 is 0 Å². The Balaban J connectivity index is 0.00000341. The molecule has 0 spiro atoms. The van der Waals surface area contributed by atoms with Gasteiger partial charge in [0, 0.05) is 38.9 Å². The van der Waals surface area contributed by atoms with E-state index >= 15 is 0 Å². The Hall–Kier alpha value is -1.55. The molecule has 0 saturated heterocycles. The number of carbonyl (C=O) groups is 1. The highest BCUT2D eigenvalue weighted by atomic mass is 127. The highest BCUT2D eigenvalue weighted by Crippen LogP contribution is 2.41. The van der Waals surface area contributed by atoms with Crippen LogP contribution in [-0.4, -0.2) is 51.8 Å². The van der Waals surface area contributed by atoms with Crippen LogP contribution in [0.1, 0.15) is 51.0 Å². The summed E-state index contributed by atoms with van der Waals surface area (Å²) in [6.45, 7) is 5.76. The van der Waals surface area contributed by atoms with E-state index in [9.17, 15) is 4.79 Å². The zero-order chi connectivity index (χ0) is 21.2. The number of rotatable bonds is 10. The number of hydrogen-bond donors (Lipinski definition) is 3. The molecule has 3 rings (SSSR count). The van der Waals surface area contributed by atoms with Gasteiger partial charge in [0.1, 0.15) is 12.4 Å². The third-order valence-corrected chi connectivity index (χ3v) is 6.05. The molecule has 1 fully saturated rings. The number of aliphatic imine (C=N–C) groups is 1. The maximum Gasteiger partial charge on any atom is 0.224 e. The van der Waals surface area contributed by atoms with Crippen molar-refractivity contribution in [3.05, 3.63) is 23.8 Å². The third kappa shape index (κ3) is 7.82. The molecule has 2 aliphatic rings. The first-order valence-corrected chi connectivity index (χ1v) is 11.2. The number of hydrogen-bond acceptors (Lipinski definition) is 4. The third-order valence-electron chi connectivity index (χ3n) is 6.05. The second-order valence-corrected chi connectivity index (χ2v) is 8.29. The number of fused-ring (bicyclic) bond motifs is 1. The molecule has 0 radical (unpaired) electrons. The average Bonchev–Trinajstić information content (AvgIpc) is 3.22. The first-order valence-electron chi connectivity index (χ1n) is 11.2. The van der Waals surface area contributed by atoms with E-state index in [-0.39, 0.29) is 35.3 Å². The van der Waals surface area contributed by atoms with Crippen LogP contribution >= 0.6 is 24.0 Å². The Morgan fingerprint density at radius 2 is 2.00 bits per heavy atom. The van der Waals surface area contributed by atoms with Crippen LogP contribution < -0.4 is 20.7 Å². The fraction of sp³-hybridized carbons (Fsp3) is 0.652. The van der Waals surface area contributed by atoms with Crippen LogP contribution in [0.15, 0.2) is 23.2 Å². The summed E-state index contributed by atoms with van der Waals surface area (Å²) >= 11 is 0. The van der Waals surface area contributed by atoms with E-state index in [2.05, 4.69) is 22.9 Å². The molecule has 0 bridgehead atoms.